The van der Waals surface area contributed by atoms with E-state index in [4.69, 9.17) is 31.5 Å². The van der Waals surface area contributed by atoms with Crippen molar-refractivity contribution in [3.63, 3.8) is 0 Å². The Balaban J connectivity index is 1.97. The number of allylic oxidation sites excluding steroid dienone is 1. The van der Waals surface area contributed by atoms with Crippen molar-refractivity contribution in [2.45, 2.75) is 12.8 Å². The zero-order valence-electron chi connectivity index (χ0n) is 12.0. The average molecular weight is 331 g/mol. The average Bonchev–Trinajstić information content (AvgIpc) is 3.11. The lowest BCUT2D eigenvalue weighted by Gasteiger charge is -2.24. The van der Waals surface area contributed by atoms with E-state index in [9.17, 15) is 5.26 Å². The quantitative estimate of drug-likeness (QED) is 0.831. The maximum Gasteiger partial charge on any atom is 0.244 e. The van der Waals surface area contributed by atoms with Crippen molar-refractivity contribution in [3.05, 3.63) is 45.4 Å². The highest BCUT2D eigenvalue weighted by Crippen LogP contribution is 2.47. The van der Waals surface area contributed by atoms with Crippen LogP contribution in [0.15, 0.2) is 23.6 Å². The first kappa shape index (κ1) is 13.8. The second kappa shape index (κ2) is 4.83. The summed E-state index contributed by atoms with van der Waals surface area (Å²) < 4.78 is 16.2. The van der Waals surface area contributed by atoms with Crippen molar-refractivity contribution in [1.29, 1.82) is 5.26 Å². The Bertz CT molecular complexity index is 897. The van der Waals surface area contributed by atoms with Crippen molar-refractivity contribution in [2.75, 3.05) is 6.79 Å². The fourth-order valence-corrected chi connectivity index (χ4v) is 3.13. The number of H-pyrrole nitrogens is 1. The Morgan fingerprint density at radius 1 is 1.39 bits per heavy atom. The van der Waals surface area contributed by atoms with Crippen molar-refractivity contribution < 1.29 is 14.2 Å². The van der Waals surface area contributed by atoms with Crippen LogP contribution in [0.25, 0.3) is 0 Å². The van der Waals surface area contributed by atoms with Gasteiger partial charge in [-0.25, -0.2) is 0 Å². The van der Waals surface area contributed by atoms with Gasteiger partial charge in [0.2, 0.25) is 18.6 Å². The van der Waals surface area contributed by atoms with Gasteiger partial charge in [0.25, 0.3) is 0 Å². The van der Waals surface area contributed by atoms with Gasteiger partial charge in [0, 0.05) is 22.3 Å². The predicted octanol–water partition coefficient (Wildman–Crippen LogP) is 2.32. The van der Waals surface area contributed by atoms with E-state index in [1.807, 2.05) is 6.92 Å². The number of aryl methyl sites for hydroxylation is 1. The molecule has 1 atom stereocenters. The number of nitrogens with one attached hydrogen (secondary N) is 1. The molecule has 2 aromatic rings. The van der Waals surface area contributed by atoms with E-state index >= 15 is 0 Å². The monoisotopic (exact) mass is 330 g/mol. The number of nitrogens with two attached hydrogens (primary N) is 1. The van der Waals surface area contributed by atoms with Crippen LogP contribution in [-0.2, 0) is 0 Å². The van der Waals surface area contributed by atoms with Gasteiger partial charge in [-0.1, -0.05) is 11.6 Å². The van der Waals surface area contributed by atoms with Gasteiger partial charge in [-0.2, -0.15) is 5.26 Å². The van der Waals surface area contributed by atoms with Crippen molar-refractivity contribution in [3.8, 4) is 23.4 Å². The minimum atomic E-state index is -0.482. The Morgan fingerprint density at radius 2 is 2.13 bits per heavy atom. The number of aromatic amines is 1. The topological polar surface area (TPSA) is 106 Å². The summed E-state index contributed by atoms with van der Waals surface area (Å²) in [6.45, 7) is 1.99. The Kier molecular flexibility index (Phi) is 2.89. The molecule has 4 rings (SSSR count). The van der Waals surface area contributed by atoms with E-state index in [1.54, 1.807) is 12.1 Å². The molecule has 3 heterocycles. The highest BCUT2D eigenvalue weighted by atomic mass is 35.5. The molecule has 0 radical (unpaired) electrons. The summed E-state index contributed by atoms with van der Waals surface area (Å²) >= 11 is 6.42. The number of benzene rings is 1. The van der Waals surface area contributed by atoms with Crippen molar-refractivity contribution in [2.24, 2.45) is 5.73 Å². The molecule has 0 bridgehead atoms. The zero-order chi connectivity index (χ0) is 16.1. The van der Waals surface area contributed by atoms with Gasteiger partial charge in [0.15, 0.2) is 11.5 Å². The molecule has 0 saturated heterocycles. The lowest BCUT2D eigenvalue weighted by atomic mass is 9.84. The molecule has 8 heteroatoms. The number of hydrogen-bond acceptors (Lipinski definition) is 6. The van der Waals surface area contributed by atoms with Crippen LogP contribution in [-0.4, -0.2) is 17.0 Å². The summed E-state index contributed by atoms with van der Waals surface area (Å²) in [6.07, 6.45) is 0. The van der Waals surface area contributed by atoms with Crippen LogP contribution in [0.1, 0.15) is 22.7 Å². The van der Waals surface area contributed by atoms with Gasteiger partial charge < -0.3 is 19.9 Å². The lowest BCUT2D eigenvalue weighted by molar-refractivity contribution is 0.174. The first-order valence-corrected chi connectivity index (χ1v) is 7.19. The summed E-state index contributed by atoms with van der Waals surface area (Å²) in [4.78, 5) is 0. The fourth-order valence-electron chi connectivity index (χ4n) is 2.86. The number of hydrogen-bond donors (Lipinski definition) is 2. The van der Waals surface area contributed by atoms with E-state index in [0.717, 1.165) is 11.3 Å². The number of nitrogens with zero attached hydrogens (tertiary/aromatic N) is 2. The van der Waals surface area contributed by atoms with Crippen LogP contribution in [0.3, 0.4) is 0 Å². The van der Waals surface area contributed by atoms with Gasteiger partial charge in [0.05, 0.1) is 5.92 Å². The molecule has 1 aromatic heterocycles. The Hall–Kier alpha value is -2.85. The largest absolute Gasteiger partial charge is 0.454 e. The maximum atomic E-state index is 9.53. The molecule has 1 aromatic carbocycles. The smallest absolute Gasteiger partial charge is 0.244 e. The molecule has 0 aliphatic carbocycles. The van der Waals surface area contributed by atoms with Gasteiger partial charge in [0.1, 0.15) is 11.6 Å². The first-order valence-electron chi connectivity index (χ1n) is 6.81. The predicted molar refractivity (Wildman–Crippen MR) is 80.2 cm³/mol. The molecule has 0 fully saturated rings. The van der Waals surface area contributed by atoms with Crippen molar-refractivity contribution >= 4 is 11.6 Å². The highest BCUT2D eigenvalue weighted by Gasteiger charge is 2.36. The molecular formula is C15H11ClN4O3. The molecule has 1 unspecified atom stereocenters. The number of ether oxygens (including phenoxy) is 3. The Labute approximate surface area is 136 Å². The molecule has 0 saturated carbocycles. The highest BCUT2D eigenvalue weighted by molar-refractivity contribution is 6.31. The van der Waals surface area contributed by atoms with Gasteiger partial charge in [-0.15, -0.1) is 5.10 Å². The minimum Gasteiger partial charge on any atom is -0.454 e. The van der Waals surface area contributed by atoms with E-state index in [1.165, 1.54) is 0 Å². The number of nitriles is 1. The van der Waals surface area contributed by atoms with E-state index < -0.39 is 5.92 Å². The fraction of sp³-hybridized carbons (Fsp3) is 0.200. The van der Waals surface area contributed by atoms with Crippen LogP contribution in [0, 0.1) is 18.3 Å². The molecule has 0 spiro atoms. The molecule has 0 amide bonds. The number of fused-ring (bicyclic) bond motifs is 2. The molecule has 3 N–H and O–H groups in total. The normalized spacial score (nSPS) is 18.4. The van der Waals surface area contributed by atoms with Gasteiger partial charge >= 0.3 is 0 Å². The van der Waals surface area contributed by atoms with Crippen molar-refractivity contribution in [1.82, 2.24) is 10.2 Å². The third-order valence-corrected chi connectivity index (χ3v) is 4.26. The standard InChI is InChI=1S/C15H11ClN4O3/c1-6-12-13(8(4-17)14(18)23-15(12)20-19-6)7-2-10-11(3-9(7)16)22-5-21-10/h2-3,13H,5,18H2,1H3,(H,19,20). The number of aromatic nitrogens is 2. The summed E-state index contributed by atoms with van der Waals surface area (Å²) in [6, 6.07) is 5.55. The maximum absolute atomic E-state index is 9.53. The SMILES string of the molecule is Cc1[nH]nc2c1C(c1cc3c(cc1Cl)OCO3)C(C#N)=C(N)O2. The molecular weight excluding hydrogens is 320 g/mol. The van der Waals surface area contributed by atoms with E-state index in [0.29, 0.717) is 28.0 Å². The lowest BCUT2D eigenvalue weighted by Crippen LogP contribution is -2.21. The first-order chi connectivity index (χ1) is 11.1. The summed E-state index contributed by atoms with van der Waals surface area (Å²) in [5, 5.41) is 16.9. The molecule has 7 nitrogen and oxygen atoms in total. The van der Waals surface area contributed by atoms with Gasteiger partial charge in [-0.3, -0.25) is 5.10 Å². The number of rotatable bonds is 1. The third kappa shape index (κ3) is 1.92. The van der Waals surface area contributed by atoms with E-state index in [2.05, 4.69) is 16.3 Å². The van der Waals surface area contributed by atoms with E-state index in [-0.39, 0.29) is 18.2 Å². The van der Waals surface area contributed by atoms with Crippen LogP contribution in [0.2, 0.25) is 5.02 Å². The summed E-state index contributed by atoms with van der Waals surface area (Å²) in [5.74, 6) is 1.03. The van der Waals surface area contributed by atoms with Crippen LogP contribution in [0.4, 0.5) is 0 Å². The van der Waals surface area contributed by atoms with Crippen LogP contribution < -0.4 is 19.9 Å². The summed E-state index contributed by atoms with van der Waals surface area (Å²) in [5.41, 5.74) is 8.36. The zero-order valence-corrected chi connectivity index (χ0v) is 12.8. The molecule has 23 heavy (non-hydrogen) atoms. The van der Waals surface area contributed by atoms with Crippen LogP contribution >= 0.6 is 11.6 Å². The summed E-state index contributed by atoms with van der Waals surface area (Å²) in [7, 11) is 0. The Morgan fingerprint density at radius 3 is 2.87 bits per heavy atom. The van der Waals surface area contributed by atoms with Gasteiger partial charge in [-0.05, 0) is 18.6 Å². The second-order valence-corrected chi connectivity index (χ2v) is 5.63. The molecule has 116 valence electrons. The minimum absolute atomic E-state index is 0.0187. The second-order valence-electron chi connectivity index (χ2n) is 5.22. The molecule has 2 aliphatic heterocycles. The van der Waals surface area contributed by atoms with Crippen LogP contribution in [0.5, 0.6) is 17.4 Å². The third-order valence-electron chi connectivity index (χ3n) is 3.93. The number of halogens is 1. The molecule has 2 aliphatic rings.